The monoisotopic (exact) mass is 471 g/mol. The largest absolute Gasteiger partial charge is 0.366 e. The second kappa shape index (κ2) is 10.6. The van der Waals surface area contributed by atoms with Crippen LogP contribution < -0.4 is 4.90 Å². The molecule has 2 aliphatic heterocycles. The van der Waals surface area contributed by atoms with Gasteiger partial charge in [0, 0.05) is 39.3 Å². The van der Waals surface area contributed by atoms with Crippen LogP contribution in [0.15, 0.2) is 60.7 Å². The number of benzene rings is 2. The Balaban J connectivity index is 1.11. The van der Waals surface area contributed by atoms with Gasteiger partial charge in [0.2, 0.25) is 5.91 Å². The van der Waals surface area contributed by atoms with Crippen molar-refractivity contribution in [3.05, 3.63) is 77.6 Å². The number of nitrogens with zero attached hydrogens (tertiary/aromatic N) is 5. The molecule has 0 saturated carbocycles. The summed E-state index contributed by atoms with van der Waals surface area (Å²) >= 11 is 0. The van der Waals surface area contributed by atoms with Crippen LogP contribution in [0.3, 0.4) is 0 Å². The Hall–Kier alpha value is -3.12. The third-order valence-corrected chi connectivity index (χ3v) is 7.64. The average Bonchev–Trinajstić information content (AvgIpc) is 3.20. The number of piperidine rings is 1. The van der Waals surface area contributed by atoms with Crippen LogP contribution in [-0.4, -0.2) is 71.3 Å². The lowest BCUT2D eigenvalue weighted by Gasteiger charge is -2.38. The van der Waals surface area contributed by atoms with Gasteiger partial charge in [0.15, 0.2) is 0 Å². The van der Waals surface area contributed by atoms with E-state index in [1.54, 1.807) is 0 Å². The molecule has 2 fully saturated rings. The van der Waals surface area contributed by atoms with Crippen molar-refractivity contribution in [3.8, 4) is 5.69 Å². The number of anilines is 1. The summed E-state index contributed by atoms with van der Waals surface area (Å²) in [7, 11) is 0. The van der Waals surface area contributed by atoms with Gasteiger partial charge in [0.05, 0.1) is 29.3 Å². The van der Waals surface area contributed by atoms with Crippen molar-refractivity contribution in [2.75, 3.05) is 50.7 Å². The number of para-hydroxylation sites is 1. The number of aromatic nitrogens is 2. The van der Waals surface area contributed by atoms with Crippen molar-refractivity contribution in [2.24, 2.45) is 5.92 Å². The first-order chi connectivity index (χ1) is 17.1. The van der Waals surface area contributed by atoms with Gasteiger partial charge in [-0.1, -0.05) is 48.5 Å². The highest BCUT2D eigenvalue weighted by Crippen LogP contribution is 2.28. The molecule has 0 N–H and O–H groups in total. The molecule has 2 aromatic carbocycles. The van der Waals surface area contributed by atoms with E-state index in [0.717, 1.165) is 69.9 Å². The first-order valence-corrected chi connectivity index (χ1v) is 13.0. The highest BCUT2D eigenvalue weighted by atomic mass is 16.2. The Morgan fingerprint density at radius 3 is 2.14 bits per heavy atom. The number of rotatable bonds is 6. The normalized spacial score (nSPS) is 17.7. The van der Waals surface area contributed by atoms with Gasteiger partial charge in [0.1, 0.15) is 0 Å². The number of hydrogen-bond acceptors (Lipinski definition) is 4. The van der Waals surface area contributed by atoms with E-state index in [9.17, 15) is 4.79 Å². The van der Waals surface area contributed by atoms with E-state index < -0.39 is 0 Å². The molecular formula is C29H37N5O. The lowest BCUT2D eigenvalue weighted by atomic mass is 9.90. The molecule has 0 aliphatic carbocycles. The van der Waals surface area contributed by atoms with Crippen LogP contribution in [-0.2, 0) is 11.2 Å². The molecule has 5 rings (SSSR count). The number of aryl methyl sites for hydroxylation is 1. The van der Waals surface area contributed by atoms with E-state index in [-0.39, 0.29) is 0 Å². The minimum Gasteiger partial charge on any atom is -0.366 e. The standard InChI is InChI=1S/C29H37N5O/c1-23-29(24(2)34(30-23)27-11-7-4-8-12-27)33-19-17-31(18-20-33)22-28(35)32-15-13-26(14-16-32)21-25-9-5-3-6-10-25/h3-12,26H,13-22H2,1-2H3. The number of hydrogen-bond donors (Lipinski definition) is 0. The third kappa shape index (κ3) is 5.43. The Morgan fingerprint density at radius 2 is 1.49 bits per heavy atom. The molecule has 6 heteroatoms. The van der Waals surface area contributed by atoms with Gasteiger partial charge in [-0.25, -0.2) is 4.68 Å². The van der Waals surface area contributed by atoms with Crippen molar-refractivity contribution in [2.45, 2.75) is 33.1 Å². The second-order valence-corrected chi connectivity index (χ2v) is 10.0. The molecule has 3 heterocycles. The van der Waals surface area contributed by atoms with Crippen molar-refractivity contribution in [1.29, 1.82) is 0 Å². The summed E-state index contributed by atoms with van der Waals surface area (Å²) in [5, 5.41) is 4.82. The summed E-state index contributed by atoms with van der Waals surface area (Å²) in [4.78, 5) is 19.9. The maximum absolute atomic E-state index is 13.0. The van der Waals surface area contributed by atoms with E-state index >= 15 is 0 Å². The summed E-state index contributed by atoms with van der Waals surface area (Å²) < 4.78 is 2.04. The highest BCUT2D eigenvalue weighted by molar-refractivity contribution is 5.78. The van der Waals surface area contributed by atoms with Crippen LogP contribution in [0.4, 0.5) is 5.69 Å². The summed E-state index contributed by atoms with van der Waals surface area (Å²) in [6.45, 7) is 10.2. The number of carbonyl (C=O) groups excluding carboxylic acids is 1. The molecule has 2 aliphatic rings. The van der Waals surface area contributed by atoms with Crippen LogP contribution in [0, 0.1) is 19.8 Å². The zero-order valence-electron chi connectivity index (χ0n) is 21.1. The van der Waals surface area contributed by atoms with E-state index in [0.29, 0.717) is 18.4 Å². The van der Waals surface area contributed by atoms with Gasteiger partial charge in [-0.15, -0.1) is 0 Å². The Kier molecular flexibility index (Phi) is 7.19. The maximum Gasteiger partial charge on any atom is 0.236 e. The highest BCUT2D eigenvalue weighted by Gasteiger charge is 2.27. The van der Waals surface area contributed by atoms with Crippen molar-refractivity contribution in [3.63, 3.8) is 0 Å². The molecule has 184 valence electrons. The van der Waals surface area contributed by atoms with Crippen LogP contribution in [0.5, 0.6) is 0 Å². The maximum atomic E-state index is 13.0. The molecule has 0 atom stereocenters. The van der Waals surface area contributed by atoms with E-state index in [1.165, 1.54) is 16.9 Å². The van der Waals surface area contributed by atoms with E-state index in [2.05, 4.69) is 71.0 Å². The quantitative estimate of drug-likeness (QED) is 0.543. The average molecular weight is 472 g/mol. The summed E-state index contributed by atoms with van der Waals surface area (Å²) in [5.41, 5.74) is 5.98. The van der Waals surface area contributed by atoms with Crippen LogP contribution in [0.1, 0.15) is 29.8 Å². The van der Waals surface area contributed by atoms with Gasteiger partial charge < -0.3 is 9.80 Å². The molecule has 6 nitrogen and oxygen atoms in total. The fourth-order valence-corrected chi connectivity index (χ4v) is 5.67. The van der Waals surface area contributed by atoms with Crippen LogP contribution in [0.2, 0.25) is 0 Å². The SMILES string of the molecule is Cc1nn(-c2ccccc2)c(C)c1N1CCN(CC(=O)N2CCC(Cc3ccccc3)CC2)CC1. The topological polar surface area (TPSA) is 44.6 Å². The zero-order chi connectivity index (χ0) is 24.2. The molecule has 0 unspecified atom stereocenters. The minimum atomic E-state index is 0.292. The number of amides is 1. The molecular weight excluding hydrogens is 434 g/mol. The van der Waals surface area contributed by atoms with Gasteiger partial charge in [-0.05, 0) is 56.7 Å². The zero-order valence-corrected chi connectivity index (χ0v) is 21.1. The fraction of sp³-hybridized carbons (Fsp3) is 0.448. The van der Waals surface area contributed by atoms with Crippen molar-refractivity contribution >= 4 is 11.6 Å². The van der Waals surface area contributed by atoms with Gasteiger partial charge in [-0.3, -0.25) is 9.69 Å². The third-order valence-electron chi connectivity index (χ3n) is 7.64. The summed E-state index contributed by atoms with van der Waals surface area (Å²) in [6, 6.07) is 21.1. The molecule has 1 aromatic heterocycles. The van der Waals surface area contributed by atoms with Gasteiger partial charge >= 0.3 is 0 Å². The molecule has 35 heavy (non-hydrogen) atoms. The van der Waals surface area contributed by atoms with Gasteiger partial charge in [0.25, 0.3) is 0 Å². The van der Waals surface area contributed by atoms with Gasteiger partial charge in [-0.2, -0.15) is 5.10 Å². The lowest BCUT2D eigenvalue weighted by Crippen LogP contribution is -2.51. The first-order valence-electron chi connectivity index (χ1n) is 13.0. The number of likely N-dealkylation sites (tertiary alicyclic amines) is 1. The molecule has 0 spiro atoms. The second-order valence-electron chi connectivity index (χ2n) is 10.0. The number of piperazine rings is 1. The molecule has 3 aromatic rings. The Bertz CT molecular complexity index is 1110. The van der Waals surface area contributed by atoms with Crippen LogP contribution in [0.25, 0.3) is 5.69 Å². The number of carbonyl (C=O) groups is 1. The van der Waals surface area contributed by atoms with Crippen molar-refractivity contribution in [1.82, 2.24) is 19.6 Å². The Morgan fingerprint density at radius 1 is 0.857 bits per heavy atom. The predicted molar refractivity (Wildman–Crippen MR) is 141 cm³/mol. The van der Waals surface area contributed by atoms with E-state index in [4.69, 9.17) is 5.10 Å². The van der Waals surface area contributed by atoms with Crippen LogP contribution >= 0.6 is 0 Å². The summed E-state index contributed by atoms with van der Waals surface area (Å²) in [6.07, 6.45) is 3.35. The van der Waals surface area contributed by atoms with E-state index in [1.807, 2.05) is 22.9 Å². The van der Waals surface area contributed by atoms with Crippen molar-refractivity contribution < 1.29 is 4.79 Å². The fourth-order valence-electron chi connectivity index (χ4n) is 5.67. The molecule has 2 saturated heterocycles. The Labute approximate surface area is 209 Å². The summed E-state index contributed by atoms with van der Waals surface area (Å²) in [5.74, 6) is 0.981. The molecule has 0 radical (unpaired) electrons. The smallest absolute Gasteiger partial charge is 0.236 e. The predicted octanol–water partition coefficient (Wildman–Crippen LogP) is 4.09. The lowest BCUT2D eigenvalue weighted by molar-refractivity contribution is -0.133. The minimum absolute atomic E-state index is 0.292. The first kappa shape index (κ1) is 23.6. The molecule has 0 bridgehead atoms. The molecule has 1 amide bonds.